The van der Waals surface area contributed by atoms with E-state index in [4.69, 9.17) is 0 Å². The van der Waals surface area contributed by atoms with Crippen molar-refractivity contribution >= 4 is 0 Å². The second-order valence-corrected chi connectivity index (χ2v) is 1.64. The molecule has 1 rings (SSSR count). The van der Waals surface area contributed by atoms with Crippen molar-refractivity contribution in [2.24, 2.45) is 5.28 Å². The van der Waals surface area contributed by atoms with Crippen molar-refractivity contribution in [1.29, 1.82) is 0 Å². The molecule has 0 atom stereocenters. The van der Waals surface area contributed by atoms with E-state index in [1.165, 1.54) is 5.01 Å². The van der Waals surface area contributed by atoms with Gasteiger partial charge >= 0.3 is 0 Å². The summed E-state index contributed by atoms with van der Waals surface area (Å²) in [5, 5.41) is 23.1. The van der Waals surface area contributed by atoms with E-state index in [1.54, 1.807) is 0 Å². The van der Waals surface area contributed by atoms with Crippen molar-refractivity contribution < 1.29 is 4.97 Å². The Morgan fingerprint density at radius 2 is 2.12 bits per heavy atom. The highest BCUT2D eigenvalue weighted by molar-refractivity contribution is 4.56. The molecule has 0 N–H and O–H groups in total. The minimum absolute atomic E-state index is 0.0868. The van der Waals surface area contributed by atoms with Crippen LogP contribution >= 0.6 is 0 Å². The Hall–Kier alpha value is -1.00. The lowest BCUT2D eigenvalue weighted by Crippen LogP contribution is -2.41. The Morgan fingerprint density at radius 1 is 1.50 bits per heavy atom. The molecular weight excluding hydrogens is 110 g/mol. The fourth-order valence-electron chi connectivity index (χ4n) is 0.522. The summed E-state index contributed by atoms with van der Waals surface area (Å²) >= 11 is 0. The van der Waals surface area contributed by atoms with Gasteiger partial charge in [-0.3, -0.25) is 0 Å². The summed E-state index contributed by atoms with van der Waals surface area (Å²) in [6.07, 6.45) is 0.980. The number of rotatable bonds is 1. The minimum atomic E-state index is 0.0868. The minimum Gasteiger partial charge on any atom is -0.737 e. The fraction of sp³-hybridized carbons (Fsp3) is 1.00. The van der Waals surface area contributed by atoms with E-state index in [2.05, 4.69) is 5.28 Å². The molecule has 1 aliphatic rings. The van der Waals surface area contributed by atoms with Crippen LogP contribution in [0, 0.1) is 10.4 Å². The first kappa shape index (κ1) is 5.14. The van der Waals surface area contributed by atoms with Gasteiger partial charge in [0.2, 0.25) is 0 Å². The predicted octanol–water partition coefficient (Wildman–Crippen LogP) is 0.0674. The normalized spacial score (nSPS) is 20.5. The fourth-order valence-corrected chi connectivity index (χ4v) is 0.522. The summed E-state index contributed by atoms with van der Waals surface area (Å²) in [7, 11) is 0. The van der Waals surface area contributed by atoms with Gasteiger partial charge < -0.3 is 10.4 Å². The van der Waals surface area contributed by atoms with Crippen LogP contribution in [0.4, 0.5) is 0 Å². The van der Waals surface area contributed by atoms with Gasteiger partial charge in [-0.15, -0.1) is 5.01 Å². The summed E-state index contributed by atoms with van der Waals surface area (Å²) in [5.74, 6) is 0. The van der Waals surface area contributed by atoms with Crippen LogP contribution < -0.4 is 0 Å². The summed E-state index contributed by atoms with van der Waals surface area (Å²) in [5.41, 5.74) is 0. The molecule has 0 radical (unpaired) electrons. The molecule has 0 saturated carbocycles. The van der Waals surface area contributed by atoms with Gasteiger partial charge in [0.25, 0.3) is 0 Å². The zero-order valence-electron chi connectivity index (χ0n) is 4.28. The predicted molar refractivity (Wildman–Crippen MR) is 25.6 cm³/mol. The van der Waals surface area contributed by atoms with Gasteiger partial charge in [0.1, 0.15) is 0 Å². The molecular formula is C3H6N3O2-. The third kappa shape index (κ3) is 0.661. The van der Waals surface area contributed by atoms with E-state index in [0.717, 1.165) is 6.42 Å². The molecule has 0 aromatic heterocycles. The lowest BCUT2D eigenvalue weighted by atomic mass is 10.3. The molecule has 5 nitrogen and oxygen atoms in total. The average Bonchev–Trinajstić information content (AvgIpc) is 1.62. The first-order valence-corrected chi connectivity index (χ1v) is 2.40. The average molecular weight is 116 g/mol. The molecule has 5 heteroatoms. The lowest BCUT2D eigenvalue weighted by Gasteiger charge is -2.26. The standard InChI is InChI=1S/C3H7N3O2/c7-4-6(8)5-2-1-3-5/h7H,1-3H2/p-1/b6-4-. The van der Waals surface area contributed by atoms with Gasteiger partial charge in [-0.2, -0.15) is 0 Å². The summed E-state index contributed by atoms with van der Waals surface area (Å²) in [6, 6.07) is 0. The molecule has 0 aromatic carbocycles. The molecule has 0 bridgehead atoms. The number of hydrogen-bond donors (Lipinski definition) is 0. The molecule has 1 heterocycles. The van der Waals surface area contributed by atoms with Crippen LogP contribution in [-0.4, -0.2) is 23.1 Å². The largest absolute Gasteiger partial charge is 0.737 e. The molecule has 0 unspecified atom stereocenters. The van der Waals surface area contributed by atoms with Crippen molar-refractivity contribution in [1.82, 2.24) is 5.01 Å². The Labute approximate surface area is 46.3 Å². The molecule has 1 aliphatic heterocycles. The third-order valence-electron chi connectivity index (χ3n) is 1.14. The van der Waals surface area contributed by atoms with Crippen LogP contribution in [0.3, 0.4) is 0 Å². The summed E-state index contributed by atoms with van der Waals surface area (Å²) in [4.78, 5) is 0.0868. The first-order valence-electron chi connectivity index (χ1n) is 2.40. The Kier molecular flexibility index (Phi) is 1.19. The van der Waals surface area contributed by atoms with E-state index in [-0.39, 0.29) is 4.97 Å². The molecule has 0 aliphatic carbocycles. The van der Waals surface area contributed by atoms with E-state index >= 15 is 0 Å². The Bertz CT molecular complexity index is 109. The molecule has 46 valence electrons. The molecule has 0 aromatic rings. The van der Waals surface area contributed by atoms with Gasteiger partial charge in [0.15, 0.2) is 0 Å². The Morgan fingerprint density at radius 3 is 2.25 bits per heavy atom. The van der Waals surface area contributed by atoms with Gasteiger partial charge in [-0.05, 0) is 11.7 Å². The highest BCUT2D eigenvalue weighted by Crippen LogP contribution is 2.04. The maximum atomic E-state index is 10.2. The monoisotopic (exact) mass is 116 g/mol. The number of hydrogen-bond acceptors (Lipinski definition) is 3. The second-order valence-electron chi connectivity index (χ2n) is 1.64. The van der Waals surface area contributed by atoms with Crippen LogP contribution in [-0.2, 0) is 0 Å². The van der Waals surface area contributed by atoms with Crippen LogP contribution in [0.5, 0.6) is 0 Å². The van der Waals surface area contributed by atoms with E-state index < -0.39 is 0 Å². The van der Waals surface area contributed by atoms with Crippen molar-refractivity contribution in [3.8, 4) is 0 Å². The van der Waals surface area contributed by atoms with E-state index in [0.29, 0.717) is 13.1 Å². The quantitative estimate of drug-likeness (QED) is 0.276. The van der Waals surface area contributed by atoms with Gasteiger partial charge in [0, 0.05) is 4.97 Å². The van der Waals surface area contributed by atoms with Gasteiger partial charge in [-0.25, -0.2) is 0 Å². The molecule has 0 spiro atoms. The zero-order chi connectivity index (χ0) is 5.98. The number of hydrazine groups is 1. The zero-order valence-corrected chi connectivity index (χ0v) is 4.28. The van der Waals surface area contributed by atoms with Crippen LogP contribution in [0.25, 0.3) is 0 Å². The van der Waals surface area contributed by atoms with Crippen molar-refractivity contribution in [3.05, 3.63) is 10.4 Å². The van der Waals surface area contributed by atoms with Crippen LogP contribution in [0.2, 0.25) is 0 Å². The number of nitrogens with zero attached hydrogens (tertiary/aromatic N) is 3. The van der Waals surface area contributed by atoms with Gasteiger partial charge in [0.05, 0.1) is 13.1 Å². The van der Waals surface area contributed by atoms with Gasteiger partial charge in [-0.1, -0.05) is 0 Å². The van der Waals surface area contributed by atoms with Crippen molar-refractivity contribution in [2.45, 2.75) is 6.42 Å². The maximum Gasteiger partial charge on any atom is 0.0786 e. The summed E-state index contributed by atoms with van der Waals surface area (Å²) < 4.78 is 0. The summed E-state index contributed by atoms with van der Waals surface area (Å²) in [6.45, 7) is 1.32. The maximum absolute atomic E-state index is 10.2. The highest BCUT2D eigenvalue weighted by atomic mass is 16.6. The van der Waals surface area contributed by atoms with Crippen LogP contribution in [0.1, 0.15) is 6.42 Å². The topological polar surface area (TPSA) is 64.7 Å². The smallest absolute Gasteiger partial charge is 0.0786 e. The lowest BCUT2D eigenvalue weighted by molar-refractivity contribution is -0.702. The second kappa shape index (κ2) is 1.85. The highest BCUT2D eigenvalue weighted by Gasteiger charge is 2.19. The Balaban J connectivity index is 2.34. The SMILES string of the molecule is [O-]/N=[N+](\[O-])N1CCC1. The van der Waals surface area contributed by atoms with Crippen LogP contribution in [0.15, 0.2) is 5.28 Å². The molecule has 1 fully saturated rings. The van der Waals surface area contributed by atoms with E-state index in [9.17, 15) is 10.4 Å². The molecule has 1 saturated heterocycles. The first-order chi connectivity index (χ1) is 3.84. The van der Waals surface area contributed by atoms with Crippen molar-refractivity contribution in [3.63, 3.8) is 0 Å². The van der Waals surface area contributed by atoms with E-state index in [1.807, 2.05) is 0 Å². The molecule has 0 amide bonds. The van der Waals surface area contributed by atoms with Crippen molar-refractivity contribution in [2.75, 3.05) is 13.1 Å². The molecule has 8 heavy (non-hydrogen) atoms. The third-order valence-corrected chi connectivity index (χ3v) is 1.14.